The van der Waals surface area contributed by atoms with Gasteiger partial charge in [0.25, 0.3) is 0 Å². The SMILES string of the molecule is COCC(C)NCC(C)SC. The highest BCUT2D eigenvalue weighted by Gasteiger charge is 2.02. The highest BCUT2D eigenvalue weighted by atomic mass is 32.2. The first-order valence-electron chi connectivity index (χ1n) is 3.95. The maximum atomic E-state index is 5.00. The number of hydrogen-bond acceptors (Lipinski definition) is 3. The van der Waals surface area contributed by atoms with E-state index in [1.54, 1.807) is 7.11 Å². The summed E-state index contributed by atoms with van der Waals surface area (Å²) in [6.45, 7) is 6.21. The molecule has 0 bridgehead atoms. The minimum absolute atomic E-state index is 0.467. The maximum absolute atomic E-state index is 5.00. The molecule has 0 radical (unpaired) electrons. The smallest absolute Gasteiger partial charge is 0.0613 e. The number of hydrogen-bond donors (Lipinski definition) is 1. The molecule has 0 aliphatic heterocycles. The van der Waals surface area contributed by atoms with Crippen LogP contribution in [-0.4, -0.2) is 37.8 Å². The van der Waals surface area contributed by atoms with E-state index in [1.165, 1.54) is 0 Å². The molecule has 0 aliphatic rings. The molecule has 0 aromatic heterocycles. The van der Waals surface area contributed by atoms with Gasteiger partial charge in [0.1, 0.15) is 0 Å². The average Bonchev–Trinajstić information content (AvgIpc) is 2.01. The van der Waals surface area contributed by atoms with Crippen LogP contribution in [0.5, 0.6) is 0 Å². The van der Waals surface area contributed by atoms with Crippen molar-refractivity contribution in [3.8, 4) is 0 Å². The zero-order chi connectivity index (χ0) is 8.69. The fourth-order valence-corrected chi connectivity index (χ4v) is 1.02. The minimum atomic E-state index is 0.467. The van der Waals surface area contributed by atoms with E-state index in [-0.39, 0.29) is 0 Å². The Morgan fingerprint density at radius 1 is 1.45 bits per heavy atom. The molecule has 0 amide bonds. The third-order valence-electron chi connectivity index (χ3n) is 1.57. The lowest BCUT2D eigenvalue weighted by Gasteiger charge is -2.15. The molecule has 1 N–H and O–H groups in total. The van der Waals surface area contributed by atoms with Crippen molar-refractivity contribution in [1.82, 2.24) is 5.32 Å². The van der Waals surface area contributed by atoms with Crippen LogP contribution in [0, 0.1) is 0 Å². The first kappa shape index (κ1) is 11.3. The third kappa shape index (κ3) is 6.66. The predicted octanol–water partition coefficient (Wildman–Crippen LogP) is 1.36. The summed E-state index contributed by atoms with van der Waals surface area (Å²) in [7, 11) is 1.73. The maximum Gasteiger partial charge on any atom is 0.0613 e. The van der Waals surface area contributed by atoms with Gasteiger partial charge in [0.15, 0.2) is 0 Å². The summed E-state index contributed by atoms with van der Waals surface area (Å²) in [5, 5.41) is 4.08. The first-order valence-corrected chi connectivity index (χ1v) is 5.24. The summed E-state index contributed by atoms with van der Waals surface area (Å²) in [5.74, 6) is 0. The van der Waals surface area contributed by atoms with Crippen molar-refractivity contribution in [2.24, 2.45) is 0 Å². The Balaban J connectivity index is 3.22. The molecule has 11 heavy (non-hydrogen) atoms. The van der Waals surface area contributed by atoms with Crippen molar-refractivity contribution in [2.45, 2.75) is 25.1 Å². The molecular formula is C8H19NOS. The van der Waals surface area contributed by atoms with Crippen molar-refractivity contribution in [3.63, 3.8) is 0 Å². The van der Waals surface area contributed by atoms with Crippen LogP contribution in [-0.2, 0) is 4.74 Å². The molecule has 0 aromatic rings. The van der Waals surface area contributed by atoms with Crippen molar-refractivity contribution in [1.29, 1.82) is 0 Å². The predicted molar refractivity (Wildman–Crippen MR) is 52.3 cm³/mol. The second-order valence-corrected chi connectivity index (χ2v) is 4.09. The molecule has 68 valence electrons. The van der Waals surface area contributed by atoms with Gasteiger partial charge in [-0.1, -0.05) is 6.92 Å². The van der Waals surface area contributed by atoms with Crippen molar-refractivity contribution < 1.29 is 4.74 Å². The van der Waals surface area contributed by atoms with Gasteiger partial charge in [0.2, 0.25) is 0 Å². The van der Waals surface area contributed by atoms with Crippen LogP contribution in [0.2, 0.25) is 0 Å². The molecule has 0 rings (SSSR count). The summed E-state index contributed by atoms with van der Waals surface area (Å²) >= 11 is 1.88. The molecule has 0 aliphatic carbocycles. The van der Waals surface area contributed by atoms with Crippen LogP contribution in [0.15, 0.2) is 0 Å². The van der Waals surface area contributed by atoms with Gasteiger partial charge in [0.05, 0.1) is 6.61 Å². The lowest BCUT2D eigenvalue weighted by atomic mass is 10.3. The van der Waals surface area contributed by atoms with Crippen LogP contribution < -0.4 is 5.32 Å². The number of thioether (sulfide) groups is 1. The van der Waals surface area contributed by atoms with E-state index < -0.39 is 0 Å². The van der Waals surface area contributed by atoms with E-state index in [9.17, 15) is 0 Å². The van der Waals surface area contributed by atoms with Crippen molar-refractivity contribution in [3.05, 3.63) is 0 Å². The van der Waals surface area contributed by atoms with Gasteiger partial charge < -0.3 is 10.1 Å². The van der Waals surface area contributed by atoms with E-state index in [1.807, 2.05) is 11.8 Å². The van der Waals surface area contributed by atoms with Gasteiger partial charge in [-0.15, -0.1) is 0 Å². The van der Waals surface area contributed by atoms with Gasteiger partial charge >= 0.3 is 0 Å². The molecule has 0 aromatic carbocycles. The van der Waals surface area contributed by atoms with Gasteiger partial charge in [0, 0.05) is 24.9 Å². The Morgan fingerprint density at radius 2 is 2.09 bits per heavy atom. The molecule has 3 heteroatoms. The van der Waals surface area contributed by atoms with E-state index in [4.69, 9.17) is 4.74 Å². The highest BCUT2D eigenvalue weighted by molar-refractivity contribution is 7.99. The summed E-state index contributed by atoms with van der Waals surface area (Å²) in [6.07, 6.45) is 2.13. The second kappa shape index (κ2) is 6.95. The standard InChI is InChI=1S/C8H19NOS/c1-7(6-10-3)9-5-8(2)11-4/h7-9H,5-6H2,1-4H3. The fourth-order valence-electron chi connectivity index (χ4n) is 0.759. The van der Waals surface area contributed by atoms with Crippen molar-refractivity contribution in [2.75, 3.05) is 26.5 Å². The molecule has 0 spiro atoms. The van der Waals surface area contributed by atoms with Crippen molar-refractivity contribution >= 4 is 11.8 Å². The van der Waals surface area contributed by atoms with E-state index in [0.717, 1.165) is 13.2 Å². The van der Waals surface area contributed by atoms with Gasteiger partial charge in [-0.2, -0.15) is 11.8 Å². The second-order valence-electron chi connectivity index (χ2n) is 2.81. The topological polar surface area (TPSA) is 21.3 Å². The number of ether oxygens (including phenoxy) is 1. The van der Waals surface area contributed by atoms with E-state index >= 15 is 0 Å². The Morgan fingerprint density at radius 3 is 2.55 bits per heavy atom. The quantitative estimate of drug-likeness (QED) is 0.662. The normalized spacial score (nSPS) is 16.4. The number of rotatable bonds is 6. The lowest BCUT2D eigenvalue weighted by molar-refractivity contribution is 0.172. The Labute approximate surface area is 74.1 Å². The summed E-state index contributed by atoms with van der Waals surface area (Å²) in [6, 6.07) is 0.467. The summed E-state index contributed by atoms with van der Waals surface area (Å²) in [5.41, 5.74) is 0. The molecule has 2 atom stereocenters. The third-order valence-corrected chi connectivity index (χ3v) is 2.54. The van der Waals surface area contributed by atoms with Gasteiger partial charge in [-0.05, 0) is 13.2 Å². The Bertz CT molecular complexity index is 90.2. The van der Waals surface area contributed by atoms with E-state index in [0.29, 0.717) is 11.3 Å². The van der Waals surface area contributed by atoms with Crippen LogP contribution >= 0.6 is 11.8 Å². The molecule has 2 nitrogen and oxygen atoms in total. The van der Waals surface area contributed by atoms with Crippen LogP contribution in [0.25, 0.3) is 0 Å². The monoisotopic (exact) mass is 177 g/mol. The number of methoxy groups -OCH3 is 1. The zero-order valence-corrected chi connectivity index (χ0v) is 8.70. The Kier molecular flexibility index (Phi) is 7.12. The van der Waals surface area contributed by atoms with Crippen LogP contribution in [0.4, 0.5) is 0 Å². The molecule has 0 heterocycles. The zero-order valence-electron chi connectivity index (χ0n) is 7.89. The van der Waals surface area contributed by atoms with Crippen LogP contribution in [0.3, 0.4) is 0 Å². The first-order chi connectivity index (χ1) is 5.20. The molecule has 0 saturated carbocycles. The average molecular weight is 177 g/mol. The number of nitrogens with one attached hydrogen (secondary N) is 1. The van der Waals surface area contributed by atoms with Crippen LogP contribution in [0.1, 0.15) is 13.8 Å². The minimum Gasteiger partial charge on any atom is -0.383 e. The fraction of sp³-hybridized carbons (Fsp3) is 1.00. The summed E-state index contributed by atoms with van der Waals surface area (Å²) in [4.78, 5) is 0. The molecule has 0 saturated heterocycles. The van der Waals surface area contributed by atoms with E-state index in [2.05, 4.69) is 25.4 Å². The van der Waals surface area contributed by atoms with Gasteiger partial charge in [-0.3, -0.25) is 0 Å². The lowest BCUT2D eigenvalue weighted by Crippen LogP contribution is -2.34. The molecular weight excluding hydrogens is 158 g/mol. The Hall–Kier alpha value is 0.270. The molecule has 2 unspecified atom stereocenters. The highest BCUT2D eigenvalue weighted by Crippen LogP contribution is 2.02. The summed E-state index contributed by atoms with van der Waals surface area (Å²) < 4.78 is 5.00. The largest absolute Gasteiger partial charge is 0.383 e. The molecule has 0 fully saturated rings. The van der Waals surface area contributed by atoms with Gasteiger partial charge in [-0.25, -0.2) is 0 Å².